The Labute approximate surface area is 107 Å². The van der Waals surface area contributed by atoms with Crippen LogP contribution in [0.2, 0.25) is 0 Å². The summed E-state index contributed by atoms with van der Waals surface area (Å²) in [6, 6.07) is 0.908. The minimum Gasteiger partial charge on any atom is -0.316 e. The highest BCUT2D eigenvalue weighted by atomic mass is 15.2. The van der Waals surface area contributed by atoms with E-state index in [0.717, 1.165) is 12.0 Å². The normalized spacial score (nSPS) is 27.5. The Kier molecular flexibility index (Phi) is 5.79. The molecule has 2 rings (SSSR count). The Bertz CT molecular complexity index is 193. The molecular formula is C15H30N2. The second kappa shape index (κ2) is 7.38. The quantitative estimate of drug-likeness (QED) is 0.792. The van der Waals surface area contributed by atoms with Gasteiger partial charge in [0.05, 0.1) is 0 Å². The van der Waals surface area contributed by atoms with E-state index in [1.165, 1.54) is 77.5 Å². The Hall–Kier alpha value is -0.0800. The molecule has 0 bridgehead atoms. The summed E-state index contributed by atoms with van der Waals surface area (Å²) in [5, 5.41) is 3.56. The van der Waals surface area contributed by atoms with Crippen LogP contribution in [0, 0.1) is 5.92 Å². The van der Waals surface area contributed by atoms with Crippen LogP contribution in [0.15, 0.2) is 0 Å². The molecule has 1 heterocycles. The third-order valence-corrected chi connectivity index (χ3v) is 4.49. The molecule has 2 heteroatoms. The Balaban J connectivity index is 1.81. The van der Waals surface area contributed by atoms with Crippen LogP contribution in [-0.2, 0) is 0 Å². The van der Waals surface area contributed by atoms with Gasteiger partial charge in [0.25, 0.3) is 0 Å². The second-order valence-corrected chi connectivity index (χ2v) is 6.00. The van der Waals surface area contributed by atoms with Crippen LogP contribution in [0.25, 0.3) is 0 Å². The molecule has 0 amide bonds. The van der Waals surface area contributed by atoms with Gasteiger partial charge in [0.15, 0.2) is 0 Å². The van der Waals surface area contributed by atoms with Crippen molar-refractivity contribution in [1.29, 1.82) is 0 Å². The van der Waals surface area contributed by atoms with Crippen LogP contribution in [0.1, 0.15) is 58.3 Å². The van der Waals surface area contributed by atoms with E-state index >= 15 is 0 Å². The molecule has 1 saturated carbocycles. The lowest BCUT2D eigenvalue weighted by Crippen LogP contribution is -2.44. The average molecular weight is 238 g/mol. The van der Waals surface area contributed by atoms with Crippen molar-refractivity contribution in [2.45, 2.75) is 64.3 Å². The molecule has 1 unspecified atom stereocenters. The predicted octanol–water partition coefficient (Wildman–Crippen LogP) is 3.03. The summed E-state index contributed by atoms with van der Waals surface area (Å²) in [4.78, 5) is 2.82. The van der Waals surface area contributed by atoms with E-state index in [2.05, 4.69) is 17.1 Å². The highest BCUT2D eigenvalue weighted by Crippen LogP contribution is 2.24. The van der Waals surface area contributed by atoms with E-state index < -0.39 is 0 Å². The number of hydrogen-bond donors (Lipinski definition) is 1. The van der Waals surface area contributed by atoms with Crippen molar-refractivity contribution < 1.29 is 0 Å². The highest BCUT2D eigenvalue weighted by molar-refractivity contribution is 4.80. The molecule has 0 spiro atoms. The van der Waals surface area contributed by atoms with Crippen LogP contribution in [0.4, 0.5) is 0 Å². The van der Waals surface area contributed by atoms with Crippen LogP contribution in [0.3, 0.4) is 0 Å². The molecule has 0 aromatic rings. The average Bonchev–Trinajstić information content (AvgIpc) is 2.40. The molecule has 1 aliphatic heterocycles. The van der Waals surface area contributed by atoms with Gasteiger partial charge in [0.2, 0.25) is 0 Å². The smallest absolute Gasteiger partial charge is 0.00953 e. The zero-order valence-electron chi connectivity index (χ0n) is 11.6. The second-order valence-electron chi connectivity index (χ2n) is 6.00. The summed E-state index contributed by atoms with van der Waals surface area (Å²) >= 11 is 0. The van der Waals surface area contributed by atoms with Crippen molar-refractivity contribution in [1.82, 2.24) is 10.2 Å². The molecule has 0 aromatic carbocycles. The lowest BCUT2D eigenvalue weighted by molar-refractivity contribution is 0.124. The van der Waals surface area contributed by atoms with Gasteiger partial charge >= 0.3 is 0 Å². The fourth-order valence-electron chi connectivity index (χ4n) is 3.57. The lowest BCUT2D eigenvalue weighted by Gasteiger charge is -2.37. The molecule has 0 radical (unpaired) electrons. The first kappa shape index (κ1) is 13.4. The zero-order chi connectivity index (χ0) is 11.9. The van der Waals surface area contributed by atoms with E-state index in [4.69, 9.17) is 0 Å². The largest absolute Gasteiger partial charge is 0.316 e. The first-order valence-electron chi connectivity index (χ1n) is 7.85. The van der Waals surface area contributed by atoms with Crippen molar-refractivity contribution in [2.75, 3.05) is 26.2 Å². The monoisotopic (exact) mass is 238 g/mol. The molecule has 2 fully saturated rings. The first-order valence-corrected chi connectivity index (χ1v) is 7.85. The molecule has 17 heavy (non-hydrogen) atoms. The summed E-state index contributed by atoms with van der Waals surface area (Å²) in [7, 11) is 0. The maximum atomic E-state index is 3.56. The van der Waals surface area contributed by atoms with Crippen molar-refractivity contribution in [3.63, 3.8) is 0 Å². The number of hydrogen-bond acceptors (Lipinski definition) is 2. The minimum absolute atomic E-state index is 0.908. The van der Waals surface area contributed by atoms with E-state index in [9.17, 15) is 0 Å². The van der Waals surface area contributed by atoms with E-state index in [1.54, 1.807) is 0 Å². The molecule has 1 atom stereocenters. The van der Waals surface area contributed by atoms with Crippen molar-refractivity contribution >= 4 is 0 Å². The van der Waals surface area contributed by atoms with Gasteiger partial charge in [0, 0.05) is 12.6 Å². The Morgan fingerprint density at radius 2 is 1.88 bits per heavy atom. The van der Waals surface area contributed by atoms with Crippen LogP contribution < -0.4 is 5.32 Å². The van der Waals surface area contributed by atoms with Gasteiger partial charge in [-0.15, -0.1) is 0 Å². The third-order valence-electron chi connectivity index (χ3n) is 4.49. The van der Waals surface area contributed by atoms with Gasteiger partial charge < -0.3 is 10.2 Å². The van der Waals surface area contributed by atoms with Crippen molar-refractivity contribution in [3.8, 4) is 0 Å². The first-order chi connectivity index (χ1) is 8.40. The molecular weight excluding hydrogens is 208 g/mol. The van der Waals surface area contributed by atoms with Gasteiger partial charge in [-0.2, -0.15) is 0 Å². The molecule has 1 aliphatic carbocycles. The summed E-state index contributed by atoms with van der Waals surface area (Å²) in [5.74, 6) is 0.914. The Morgan fingerprint density at radius 3 is 2.53 bits per heavy atom. The summed E-state index contributed by atoms with van der Waals surface area (Å²) in [6.07, 6.45) is 11.5. The number of nitrogens with zero attached hydrogens (tertiary/aromatic N) is 1. The molecule has 2 aliphatic rings. The summed E-state index contributed by atoms with van der Waals surface area (Å²) < 4.78 is 0. The topological polar surface area (TPSA) is 15.3 Å². The van der Waals surface area contributed by atoms with Gasteiger partial charge in [-0.25, -0.2) is 0 Å². The fraction of sp³-hybridized carbons (Fsp3) is 1.00. The van der Waals surface area contributed by atoms with Gasteiger partial charge in [-0.1, -0.05) is 26.2 Å². The van der Waals surface area contributed by atoms with Crippen LogP contribution in [0.5, 0.6) is 0 Å². The van der Waals surface area contributed by atoms with E-state index in [1.807, 2.05) is 0 Å². The number of piperidine rings is 1. The minimum atomic E-state index is 0.908. The maximum Gasteiger partial charge on any atom is 0.00953 e. The van der Waals surface area contributed by atoms with Gasteiger partial charge in [-0.3, -0.25) is 0 Å². The van der Waals surface area contributed by atoms with Crippen LogP contribution in [-0.4, -0.2) is 37.1 Å². The van der Waals surface area contributed by atoms with Gasteiger partial charge in [-0.05, 0) is 57.7 Å². The Morgan fingerprint density at radius 1 is 1.06 bits per heavy atom. The SMILES string of the molecule is CCCN(CC1CCCNC1)C1CCCCC1. The molecule has 100 valence electrons. The number of nitrogens with one attached hydrogen (secondary N) is 1. The molecule has 1 N–H and O–H groups in total. The lowest BCUT2D eigenvalue weighted by atomic mass is 9.92. The van der Waals surface area contributed by atoms with E-state index in [0.29, 0.717) is 0 Å². The highest BCUT2D eigenvalue weighted by Gasteiger charge is 2.23. The predicted molar refractivity (Wildman–Crippen MR) is 74.3 cm³/mol. The van der Waals surface area contributed by atoms with Crippen molar-refractivity contribution in [3.05, 3.63) is 0 Å². The summed E-state index contributed by atoms with van der Waals surface area (Å²) in [6.45, 7) is 7.50. The molecule has 2 nitrogen and oxygen atoms in total. The fourth-order valence-corrected chi connectivity index (χ4v) is 3.57. The van der Waals surface area contributed by atoms with Crippen molar-refractivity contribution in [2.24, 2.45) is 5.92 Å². The zero-order valence-corrected chi connectivity index (χ0v) is 11.6. The summed E-state index contributed by atoms with van der Waals surface area (Å²) in [5.41, 5.74) is 0. The number of rotatable bonds is 5. The molecule has 0 aromatic heterocycles. The van der Waals surface area contributed by atoms with Gasteiger partial charge in [0.1, 0.15) is 0 Å². The maximum absolute atomic E-state index is 3.56. The third kappa shape index (κ3) is 4.26. The standard InChI is InChI=1S/C15H30N2/c1-2-11-17(15-8-4-3-5-9-15)13-14-7-6-10-16-12-14/h14-16H,2-13H2,1H3. The van der Waals surface area contributed by atoms with Crippen LogP contribution >= 0.6 is 0 Å². The van der Waals surface area contributed by atoms with E-state index in [-0.39, 0.29) is 0 Å². The molecule has 1 saturated heterocycles.